The first kappa shape index (κ1) is 17.7. The number of hydrogen-bond donors (Lipinski definition) is 1. The number of hydrogen-bond acceptors (Lipinski definition) is 2. The van der Waals surface area contributed by atoms with Crippen LogP contribution in [0.1, 0.15) is 55.8 Å². The van der Waals surface area contributed by atoms with Crippen molar-refractivity contribution in [2.24, 2.45) is 5.92 Å². The van der Waals surface area contributed by atoms with Crippen molar-refractivity contribution in [3.8, 4) is 0 Å². The van der Waals surface area contributed by atoms with Gasteiger partial charge in [0.15, 0.2) is 0 Å². The van der Waals surface area contributed by atoms with E-state index in [-0.39, 0.29) is 35.4 Å². The molecule has 25 heavy (non-hydrogen) atoms. The smallest absolute Gasteiger partial charge is 0.139 e. The maximum absolute atomic E-state index is 13.3. The summed E-state index contributed by atoms with van der Waals surface area (Å²) in [5, 5.41) is 3.55. The largest absolute Gasteiger partial charge is 0.302 e. The quantitative estimate of drug-likeness (QED) is 0.817. The number of unbranched alkanes of at least 4 members (excludes halogenated alkanes) is 1. The van der Waals surface area contributed by atoms with Gasteiger partial charge in [0.1, 0.15) is 17.4 Å². The van der Waals surface area contributed by atoms with E-state index in [2.05, 4.69) is 12.2 Å². The highest BCUT2D eigenvalue weighted by molar-refractivity contribution is 5.83. The van der Waals surface area contributed by atoms with E-state index in [1.807, 2.05) is 0 Å². The van der Waals surface area contributed by atoms with Gasteiger partial charge >= 0.3 is 0 Å². The van der Waals surface area contributed by atoms with Gasteiger partial charge in [-0.15, -0.1) is 0 Å². The number of piperidine rings is 1. The molecule has 0 radical (unpaired) electrons. The highest BCUT2D eigenvalue weighted by Gasteiger charge is 2.37. The molecule has 132 valence electrons. The van der Waals surface area contributed by atoms with Gasteiger partial charge in [-0.05, 0) is 41.8 Å². The van der Waals surface area contributed by atoms with Crippen molar-refractivity contribution in [3.63, 3.8) is 0 Å². The molecule has 3 atom stereocenters. The molecule has 0 saturated carbocycles. The number of nitrogens with one attached hydrogen (secondary N) is 1. The highest BCUT2D eigenvalue weighted by atomic mass is 19.1. The summed E-state index contributed by atoms with van der Waals surface area (Å²) in [5.41, 5.74) is 1.82. The van der Waals surface area contributed by atoms with Crippen molar-refractivity contribution in [2.75, 3.05) is 0 Å². The molecule has 0 amide bonds. The molecular weight excluding hydrogens is 320 g/mol. The topological polar surface area (TPSA) is 29.1 Å². The van der Waals surface area contributed by atoms with E-state index in [4.69, 9.17) is 0 Å². The molecular formula is C21H23F2NO. The van der Waals surface area contributed by atoms with Gasteiger partial charge in [-0.25, -0.2) is 8.78 Å². The van der Waals surface area contributed by atoms with Crippen LogP contribution in [0.2, 0.25) is 0 Å². The van der Waals surface area contributed by atoms with E-state index < -0.39 is 0 Å². The predicted octanol–water partition coefficient (Wildman–Crippen LogP) is 5.12. The molecule has 3 rings (SSSR count). The van der Waals surface area contributed by atoms with E-state index in [0.717, 1.165) is 30.4 Å². The first-order valence-corrected chi connectivity index (χ1v) is 8.88. The Morgan fingerprint density at radius 2 is 1.52 bits per heavy atom. The van der Waals surface area contributed by atoms with Crippen molar-refractivity contribution in [3.05, 3.63) is 71.3 Å². The Labute approximate surface area is 147 Å². The summed E-state index contributed by atoms with van der Waals surface area (Å²) in [6, 6.07) is 12.3. The van der Waals surface area contributed by atoms with Crippen LogP contribution in [0, 0.1) is 17.6 Å². The third kappa shape index (κ3) is 4.13. The van der Waals surface area contributed by atoms with E-state index >= 15 is 0 Å². The summed E-state index contributed by atoms with van der Waals surface area (Å²) in [4.78, 5) is 12.8. The zero-order valence-electron chi connectivity index (χ0n) is 14.3. The molecule has 1 saturated heterocycles. The lowest BCUT2D eigenvalue weighted by Crippen LogP contribution is -2.42. The van der Waals surface area contributed by atoms with Gasteiger partial charge in [0.05, 0.1) is 0 Å². The third-order valence-corrected chi connectivity index (χ3v) is 4.97. The van der Waals surface area contributed by atoms with Crippen LogP contribution in [0.5, 0.6) is 0 Å². The summed E-state index contributed by atoms with van der Waals surface area (Å²) in [6.07, 6.45) is 3.23. The van der Waals surface area contributed by atoms with E-state index in [9.17, 15) is 13.6 Å². The summed E-state index contributed by atoms with van der Waals surface area (Å²) >= 11 is 0. The van der Waals surface area contributed by atoms with Crippen molar-refractivity contribution >= 4 is 5.78 Å². The standard InChI is InChI=1S/C21H23F2NO/c1-2-3-4-18-20(25)13-19(14-5-9-16(22)10-6-14)24-21(18)15-7-11-17(23)12-8-15/h5-12,18-19,21,24H,2-4,13H2,1H3/t18-,19+,21+/m0/s1. The first-order chi connectivity index (χ1) is 12.1. The Balaban J connectivity index is 1.88. The third-order valence-electron chi connectivity index (χ3n) is 4.97. The van der Waals surface area contributed by atoms with Gasteiger partial charge in [0.2, 0.25) is 0 Å². The summed E-state index contributed by atoms with van der Waals surface area (Å²) in [6.45, 7) is 2.11. The van der Waals surface area contributed by atoms with Crippen LogP contribution in [-0.4, -0.2) is 5.78 Å². The minimum absolute atomic E-state index is 0.109. The van der Waals surface area contributed by atoms with Gasteiger partial charge in [-0.3, -0.25) is 4.79 Å². The molecule has 0 aliphatic carbocycles. The molecule has 2 aromatic carbocycles. The molecule has 1 N–H and O–H groups in total. The van der Waals surface area contributed by atoms with E-state index in [0.29, 0.717) is 6.42 Å². The Bertz CT molecular complexity index is 712. The number of carbonyl (C=O) groups is 1. The Morgan fingerprint density at radius 3 is 2.08 bits per heavy atom. The molecule has 1 aliphatic rings. The molecule has 0 aromatic heterocycles. The monoisotopic (exact) mass is 343 g/mol. The van der Waals surface area contributed by atoms with Crippen molar-refractivity contribution in [1.29, 1.82) is 0 Å². The number of halogens is 2. The molecule has 4 heteroatoms. The maximum atomic E-state index is 13.3. The summed E-state index contributed by atoms with van der Waals surface area (Å²) in [5.74, 6) is -0.467. The lowest BCUT2D eigenvalue weighted by molar-refractivity contribution is -0.127. The second-order valence-electron chi connectivity index (χ2n) is 6.72. The number of Topliss-reactive ketones (excluding diaryl/α,β-unsaturated/α-hetero) is 1. The van der Waals surface area contributed by atoms with Crippen LogP contribution in [-0.2, 0) is 4.79 Å². The molecule has 1 fully saturated rings. The van der Waals surface area contributed by atoms with Crippen molar-refractivity contribution < 1.29 is 13.6 Å². The Hall–Kier alpha value is -2.07. The molecule has 1 aliphatic heterocycles. The second kappa shape index (κ2) is 7.87. The van der Waals surface area contributed by atoms with Gasteiger partial charge in [-0.1, -0.05) is 44.0 Å². The lowest BCUT2D eigenvalue weighted by Gasteiger charge is -2.37. The summed E-state index contributed by atoms with van der Waals surface area (Å²) < 4.78 is 26.5. The second-order valence-corrected chi connectivity index (χ2v) is 6.72. The van der Waals surface area contributed by atoms with Crippen LogP contribution in [0.25, 0.3) is 0 Å². The highest BCUT2D eigenvalue weighted by Crippen LogP contribution is 2.37. The number of ketones is 1. The zero-order chi connectivity index (χ0) is 17.8. The number of rotatable bonds is 5. The molecule has 2 nitrogen and oxygen atoms in total. The average molecular weight is 343 g/mol. The minimum Gasteiger partial charge on any atom is -0.302 e. The van der Waals surface area contributed by atoms with Crippen LogP contribution >= 0.6 is 0 Å². The van der Waals surface area contributed by atoms with Crippen molar-refractivity contribution in [2.45, 2.75) is 44.7 Å². The van der Waals surface area contributed by atoms with Gasteiger partial charge < -0.3 is 5.32 Å². The number of benzene rings is 2. The lowest BCUT2D eigenvalue weighted by atomic mass is 9.78. The predicted molar refractivity (Wildman–Crippen MR) is 94.1 cm³/mol. The number of carbonyl (C=O) groups excluding carboxylic acids is 1. The maximum Gasteiger partial charge on any atom is 0.139 e. The fourth-order valence-corrected chi connectivity index (χ4v) is 3.59. The molecule has 0 unspecified atom stereocenters. The molecule has 1 heterocycles. The van der Waals surface area contributed by atoms with Gasteiger partial charge in [0, 0.05) is 24.4 Å². The normalized spacial score (nSPS) is 23.6. The van der Waals surface area contributed by atoms with Crippen LogP contribution in [0.4, 0.5) is 8.78 Å². The van der Waals surface area contributed by atoms with E-state index in [1.54, 1.807) is 24.3 Å². The van der Waals surface area contributed by atoms with Crippen LogP contribution < -0.4 is 5.32 Å². The molecule has 2 aromatic rings. The Kier molecular flexibility index (Phi) is 5.59. The van der Waals surface area contributed by atoms with E-state index in [1.165, 1.54) is 24.3 Å². The van der Waals surface area contributed by atoms with Crippen molar-refractivity contribution in [1.82, 2.24) is 5.32 Å². The average Bonchev–Trinajstić information content (AvgIpc) is 2.61. The fourth-order valence-electron chi connectivity index (χ4n) is 3.59. The fraction of sp³-hybridized carbons (Fsp3) is 0.381. The van der Waals surface area contributed by atoms with Crippen LogP contribution in [0.3, 0.4) is 0 Å². The minimum atomic E-state index is -0.290. The first-order valence-electron chi connectivity index (χ1n) is 8.88. The molecule has 0 spiro atoms. The summed E-state index contributed by atoms with van der Waals surface area (Å²) in [7, 11) is 0. The van der Waals surface area contributed by atoms with Crippen LogP contribution in [0.15, 0.2) is 48.5 Å². The zero-order valence-corrected chi connectivity index (χ0v) is 14.3. The Morgan fingerprint density at radius 1 is 0.960 bits per heavy atom. The van der Waals surface area contributed by atoms with Gasteiger partial charge in [-0.2, -0.15) is 0 Å². The van der Waals surface area contributed by atoms with Gasteiger partial charge in [0.25, 0.3) is 0 Å². The SMILES string of the molecule is CCCC[C@H]1C(=O)C[C@H](c2ccc(F)cc2)N[C@@H]1c1ccc(F)cc1. The molecule has 0 bridgehead atoms.